The monoisotopic (exact) mass is 740 g/mol. The molecule has 54 heavy (non-hydrogen) atoms. The average molecular weight is 741 g/mol. The lowest BCUT2D eigenvalue weighted by atomic mass is 9.79. The molecular weight excluding hydrogens is 692 g/mol. The number of primary amides is 1. The summed E-state index contributed by atoms with van der Waals surface area (Å²) >= 11 is 0. The van der Waals surface area contributed by atoms with Gasteiger partial charge in [-0.15, -0.1) is 0 Å². The number of nitrogens with zero attached hydrogens (tertiary/aromatic N) is 2. The van der Waals surface area contributed by atoms with Gasteiger partial charge < -0.3 is 36.1 Å². The van der Waals surface area contributed by atoms with Gasteiger partial charge in [-0.1, -0.05) is 50.2 Å². The van der Waals surface area contributed by atoms with Crippen LogP contribution in [0.1, 0.15) is 75.1 Å². The Balaban J connectivity index is 1.40. The van der Waals surface area contributed by atoms with E-state index in [4.69, 9.17) is 15.2 Å². The van der Waals surface area contributed by atoms with Crippen LogP contribution in [0, 0.1) is 12.8 Å². The largest absolute Gasteiger partial charge is 0.493 e. The van der Waals surface area contributed by atoms with Gasteiger partial charge in [0.25, 0.3) is 5.91 Å². The molecule has 5 N–H and O–H groups in total. The van der Waals surface area contributed by atoms with Crippen LogP contribution in [0.5, 0.6) is 11.5 Å². The topological polar surface area (TPSA) is 189 Å². The molecule has 3 aromatic carbocycles. The van der Waals surface area contributed by atoms with Crippen LogP contribution >= 0.6 is 0 Å². The Bertz CT molecular complexity index is 1900. The molecule has 5 rings (SSSR count). The van der Waals surface area contributed by atoms with E-state index in [1.807, 2.05) is 39.0 Å². The molecule has 1 saturated heterocycles. The molecule has 1 aliphatic heterocycles. The molecule has 2 aliphatic rings. The van der Waals surface area contributed by atoms with Crippen molar-refractivity contribution in [2.45, 2.75) is 83.5 Å². The van der Waals surface area contributed by atoms with Crippen molar-refractivity contribution in [3.05, 3.63) is 83.4 Å². The van der Waals surface area contributed by atoms with E-state index in [9.17, 15) is 28.8 Å². The van der Waals surface area contributed by atoms with E-state index in [0.29, 0.717) is 34.0 Å². The number of hydrogen-bond acceptors (Lipinski definition) is 8. The van der Waals surface area contributed by atoms with Crippen LogP contribution in [0.15, 0.2) is 66.7 Å². The summed E-state index contributed by atoms with van der Waals surface area (Å²) in [6, 6.07) is 16.1. The summed E-state index contributed by atoms with van der Waals surface area (Å²) in [5.41, 5.74) is 7.57. The van der Waals surface area contributed by atoms with Crippen molar-refractivity contribution in [1.29, 1.82) is 0 Å². The van der Waals surface area contributed by atoms with Gasteiger partial charge in [-0.2, -0.15) is 0 Å². The summed E-state index contributed by atoms with van der Waals surface area (Å²) < 4.78 is 10.8. The minimum absolute atomic E-state index is 0.000592. The van der Waals surface area contributed by atoms with Crippen LogP contribution < -0.4 is 31.2 Å². The number of nitrogens with one attached hydrogen (secondary N) is 3. The first-order valence-electron chi connectivity index (χ1n) is 18.0. The lowest BCUT2D eigenvalue weighted by Crippen LogP contribution is -2.54. The second-order valence-electron chi connectivity index (χ2n) is 14.2. The Morgan fingerprint density at radius 2 is 1.56 bits per heavy atom. The summed E-state index contributed by atoms with van der Waals surface area (Å²) in [5, 5.41) is 8.51. The Morgan fingerprint density at radius 1 is 0.889 bits per heavy atom. The number of anilines is 2. The third-order valence-electron chi connectivity index (χ3n) is 9.99. The van der Waals surface area contributed by atoms with E-state index in [1.54, 1.807) is 48.5 Å². The van der Waals surface area contributed by atoms with Gasteiger partial charge in [0.15, 0.2) is 11.5 Å². The first-order valence-corrected chi connectivity index (χ1v) is 18.0. The maximum Gasteiger partial charge on any atom is 0.328 e. The molecule has 0 aromatic heterocycles. The number of aryl methyl sites for hydroxylation is 1. The van der Waals surface area contributed by atoms with Crippen molar-refractivity contribution in [2.24, 2.45) is 11.7 Å². The Morgan fingerprint density at radius 3 is 2.17 bits per heavy atom. The van der Waals surface area contributed by atoms with Crippen molar-refractivity contribution in [3.8, 4) is 11.5 Å². The number of amides is 7. The van der Waals surface area contributed by atoms with Crippen LogP contribution in [0.3, 0.4) is 0 Å². The number of carbonyl (C=O) groups excluding carboxylic acids is 6. The second-order valence-corrected chi connectivity index (χ2v) is 14.2. The number of para-hydroxylation sites is 1. The lowest BCUT2D eigenvalue weighted by Gasteiger charge is -2.37. The molecule has 14 nitrogen and oxygen atoms in total. The number of hydrogen-bond donors (Lipinski definition) is 4. The van der Waals surface area contributed by atoms with Crippen LogP contribution in [0.25, 0.3) is 0 Å². The molecular formula is C40H48N6O8. The minimum atomic E-state index is -1.33. The highest BCUT2D eigenvalue weighted by Crippen LogP contribution is 2.42. The maximum atomic E-state index is 14.6. The number of methoxy groups -OCH3 is 2. The molecule has 1 spiro atoms. The SMILES string of the molecule is COc1ccc([C@H](CC(N)=O)NC(=O)[C@@H](CC(C)C)N2C(=O)N(Cc3ccc(NC(=O)Nc4ccccc4C)cc3)C3(CCC(=O)CC3)C2=O)cc1OC. The van der Waals surface area contributed by atoms with Crippen LogP contribution in [0.4, 0.5) is 21.0 Å². The van der Waals surface area contributed by atoms with Crippen molar-refractivity contribution in [2.75, 3.05) is 24.9 Å². The number of ether oxygens (including phenoxy) is 2. The standard InChI is InChI=1S/C40H48N6O8/c1-24(2)20-32(36(49)43-31(22-35(41)48)27-12-15-33(53-4)34(21-27)54-5)46-37(50)40(18-16-29(47)17-19-40)45(39(46)52)23-26-10-13-28(14-11-26)42-38(51)44-30-9-7-6-8-25(30)3/h6-15,21,24,31-32H,16-20,22-23H2,1-5H3,(H2,41,48)(H,43,49)(H2,42,44,51)/t31-,32+/m0/s1. The van der Waals surface area contributed by atoms with Gasteiger partial charge >= 0.3 is 12.1 Å². The van der Waals surface area contributed by atoms with Crippen molar-refractivity contribution < 1.29 is 38.2 Å². The molecule has 7 amide bonds. The highest BCUT2D eigenvalue weighted by Gasteiger charge is 2.60. The van der Waals surface area contributed by atoms with Crippen LogP contribution in [-0.4, -0.2) is 71.2 Å². The third-order valence-corrected chi connectivity index (χ3v) is 9.99. The summed E-state index contributed by atoms with van der Waals surface area (Å²) in [4.78, 5) is 83.2. The van der Waals surface area contributed by atoms with Gasteiger partial charge in [-0.05, 0) is 79.1 Å². The van der Waals surface area contributed by atoms with E-state index in [-0.39, 0.29) is 56.8 Å². The van der Waals surface area contributed by atoms with Crippen molar-refractivity contribution >= 4 is 46.9 Å². The molecule has 1 saturated carbocycles. The average Bonchev–Trinajstić information content (AvgIpc) is 3.33. The van der Waals surface area contributed by atoms with Gasteiger partial charge in [-0.3, -0.25) is 19.2 Å². The molecule has 1 heterocycles. The highest BCUT2D eigenvalue weighted by molar-refractivity contribution is 6.10. The van der Waals surface area contributed by atoms with Gasteiger partial charge in [0.1, 0.15) is 17.4 Å². The zero-order chi connectivity index (χ0) is 39.2. The van der Waals surface area contributed by atoms with E-state index >= 15 is 0 Å². The lowest BCUT2D eigenvalue weighted by molar-refractivity contribution is -0.142. The highest BCUT2D eigenvalue weighted by atomic mass is 16.5. The van der Waals surface area contributed by atoms with Gasteiger partial charge in [0, 0.05) is 30.8 Å². The fraction of sp³-hybridized carbons (Fsp3) is 0.400. The fourth-order valence-corrected chi connectivity index (χ4v) is 7.10. The smallest absolute Gasteiger partial charge is 0.328 e. The number of benzene rings is 3. The normalized spacial score (nSPS) is 16.3. The summed E-state index contributed by atoms with van der Waals surface area (Å²) in [6.45, 7) is 5.68. The molecule has 14 heteroatoms. The Kier molecular flexibility index (Phi) is 12.2. The van der Waals surface area contributed by atoms with Gasteiger partial charge in [-0.25, -0.2) is 14.5 Å². The first-order chi connectivity index (χ1) is 25.8. The Labute approximate surface area is 314 Å². The molecule has 1 aliphatic carbocycles. The van der Waals surface area contributed by atoms with Gasteiger partial charge in [0.2, 0.25) is 11.8 Å². The van der Waals surface area contributed by atoms with E-state index in [0.717, 1.165) is 10.5 Å². The second kappa shape index (κ2) is 16.8. The third kappa shape index (κ3) is 8.64. The number of ketones is 1. The number of rotatable bonds is 14. The van der Waals surface area contributed by atoms with Crippen molar-refractivity contribution in [3.63, 3.8) is 0 Å². The number of imide groups is 1. The number of urea groups is 2. The first kappa shape index (κ1) is 39.3. The number of nitrogens with two attached hydrogens (primary N) is 1. The van der Waals surface area contributed by atoms with Crippen molar-refractivity contribution in [1.82, 2.24) is 15.1 Å². The van der Waals surface area contributed by atoms with Gasteiger partial charge in [0.05, 0.1) is 26.7 Å². The molecule has 0 radical (unpaired) electrons. The molecule has 2 fully saturated rings. The predicted octanol–water partition coefficient (Wildman–Crippen LogP) is 5.45. The predicted molar refractivity (Wildman–Crippen MR) is 202 cm³/mol. The molecule has 286 valence electrons. The fourth-order valence-electron chi connectivity index (χ4n) is 7.10. The zero-order valence-corrected chi connectivity index (χ0v) is 31.3. The quantitative estimate of drug-likeness (QED) is 0.157. The number of carbonyl (C=O) groups is 6. The maximum absolute atomic E-state index is 14.6. The molecule has 3 aromatic rings. The van der Waals surface area contributed by atoms with Crippen LogP contribution in [-0.2, 0) is 25.7 Å². The van der Waals surface area contributed by atoms with E-state index in [1.165, 1.54) is 19.1 Å². The summed E-state index contributed by atoms with van der Waals surface area (Å²) in [6.07, 6.45) is 0.363. The molecule has 0 unspecified atom stereocenters. The van der Waals surface area contributed by atoms with E-state index in [2.05, 4.69) is 16.0 Å². The zero-order valence-electron chi connectivity index (χ0n) is 31.3. The Hall–Kier alpha value is -5.92. The summed E-state index contributed by atoms with van der Waals surface area (Å²) in [7, 11) is 2.95. The van der Waals surface area contributed by atoms with Crippen LogP contribution in [0.2, 0.25) is 0 Å². The molecule has 2 atom stereocenters. The summed E-state index contributed by atoms with van der Waals surface area (Å²) in [5.74, 6) is -1.13. The van der Waals surface area contributed by atoms with E-state index < -0.39 is 47.4 Å². The molecule has 0 bridgehead atoms. The minimum Gasteiger partial charge on any atom is -0.493 e. The number of Topliss-reactive ketones (excluding diaryl/α,β-unsaturated/α-hetero) is 1.